The molecule has 1 aromatic carbocycles. The summed E-state index contributed by atoms with van der Waals surface area (Å²) >= 11 is 3.31. The number of ether oxygens (including phenoxy) is 1. The number of hydrogen-bond donors (Lipinski definition) is 1. The van der Waals surface area contributed by atoms with E-state index in [1.54, 1.807) is 6.07 Å². The van der Waals surface area contributed by atoms with Gasteiger partial charge in [-0.05, 0) is 59.9 Å². The number of halogens is 2. The number of benzene rings is 1. The van der Waals surface area contributed by atoms with Gasteiger partial charge in [0.15, 0.2) is 0 Å². The van der Waals surface area contributed by atoms with Gasteiger partial charge in [0.25, 0.3) is 0 Å². The zero-order chi connectivity index (χ0) is 12.3. The van der Waals surface area contributed by atoms with Crippen molar-refractivity contribution in [1.82, 2.24) is 5.32 Å². The fourth-order valence-electron chi connectivity index (χ4n) is 1.93. The van der Waals surface area contributed by atoms with Crippen molar-refractivity contribution in [3.05, 3.63) is 28.5 Å². The van der Waals surface area contributed by atoms with Gasteiger partial charge in [0.2, 0.25) is 0 Å². The summed E-state index contributed by atoms with van der Waals surface area (Å²) < 4.78 is 19.4. The predicted octanol–water partition coefficient (Wildman–Crippen LogP) is 3.50. The van der Waals surface area contributed by atoms with Crippen LogP contribution >= 0.6 is 15.9 Å². The highest BCUT2D eigenvalue weighted by molar-refractivity contribution is 9.10. The van der Waals surface area contributed by atoms with Crippen LogP contribution in [0.4, 0.5) is 4.39 Å². The van der Waals surface area contributed by atoms with Crippen molar-refractivity contribution in [3.63, 3.8) is 0 Å². The molecule has 1 saturated carbocycles. The minimum Gasteiger partial charge on any atom is -0.489 e. The molecule has 0 spiro atoms. The Labute approximate surface area is 110 Å². The van der Waals surface area contributed by atoms with E-state index in [-0.39, 0.29) is 11.9 Å². The first-order valence-corrected chi connectivity index (χ1v) is 6.83. The Hall–Kier alpha value is -0.610. The first-order chi connectivity index (χ1) is 8.19. The molecule has 0 saturated heterocycles. The van der Waals surface area contributed by atoms with Crippen molar-refractivity contribution >= 4 is 15.9 Å². The van der Waals surface area contributed by atoms with Crippen molar-refractivity contribution in [2.75, 3.05) is 6.54 Å². The Bertz CT molecular complexity index is 380. The topological polar surface area (TPSA) is 21.3 Å². The van der Waals surface area contributed by atoms with E-state index in [1.807, 2.05) is 0 Å². The molecule has 0 bridgehead atoms. The lowest BCUT2D eigenvalue weighted by Crippen LogP contribution is -2.47. The summed E-state index contributed by atoms with van der Waals surface area (Å²) in [6.45, 7) is 3.23. The van der Waals surface area contributed by atoms with Crippen LogP contribution in [0.25, 0.3) is 0 Å². The Morgan fingerprint density at radius 3 is 2.88 bits per heavy atom. The third-order valence-electron chi connectivity index (χ3n) is 2.97. The molecule has 1 aliphatic carbocycles. The summed E-state index contributed by atoms with van der Waals surface area (Å²) in [4.78, 5) is 0. The zero-order valence-electron chi connectivity index (χ0n) is 9.88. The fraction of sp³-hybridized carbons (Fsp3) is 0.538. The van der Waals surface area contributed by atoms with Crippen molar-refractivity contribution in [3.8, 4) is 5.75 Å². The van der Waals surface area contributed by atoms with E-state index in [9.17, 15) is 4.39 Å². The van der Waals surface area contributed by atoms with Gasteiger partial charge in [0.1, 0.15) is 17.7 Å². The lowest BCUT2D eigenvalue weighted by atomic mass is 9.89. The Kier molecular flexibility index (Phi) is 4.40. The van der Waals surface area contributed by atoms with Crippen molar-refractivity contribution in [2.45, 2.75) is 38.3 Å². The molecule has 1 aliphatic rings. The maximum atomic E-state index is 12.9. The summed E-state index contributed by atoms with van der Waals surface area (Å²) in [7, 11) is 0. The smallest absolute Gasteiger partial charge is 0.134 e. The largest absolute Gasteiger partial charge is 0.489 e. The van der Waals surface area contributed by atoms with Gasteiger partial charge in [-0.3, -0.25) is 0 Å². The van der Waals surface area contributed by atoms with E-state index in [0.717, 1.165) is 31.6 Å². The molecular formula is C13H17BrFNO. The van der Waals surface area contributed by atoms with Gasteiger partial charge in [0.05, 0.1) is 4.47 Å². The SMILES string of the molecule is CCCNC1CC(Oc2ccc(F)cc2Br)C1. The van der Waals surface area contributed by atoms with Crippen molar-refractivity contribution < 1.29 is 9.13 Å². The highest BCUT2D eigenvalue weighted by atomic mass is 79.9. The second kappa shape index (κ2) is 5.83. The fourth-order valence-corrected chi connectivity index (χ4v) is 2.37. The van der Waals surface area contributed by atoms with Gasteiger partial charge < -0.3 is 10.1 Å². The second-order valence-electron chi connectivity index (χ2n) is 4.44. The average molecular weight is 302 g/mol. The Morgan fingerprint density at radius 2 is 2.24 bits per heavy atom. The summed E-state index contributed by atoms with van der Waals surface area (Å²) in [6, 6.07) is 5.11. The van der Waals surface area contributed by atoms with Crippen molar-refractivity contribution in [2.24, 2.45) is 0 Å². The molecule has 0 aliphatic heterocycles. The summed E-state index contributed by atoms with van der Waals surface area (Å²) in [6.07, 6.45) is 3.48. The van der Waals surface area contributed by atoms with Crippen LogP contribution in [-0.4, -0.2) is 18.7 Å². The van der Waals surface area contributed by atoms with Gasteiger partial charge in [-0.1, -0.05) is 6.92 Å². The van der Waals surface area contributed by atoms with E-state index < -0.39 is 0 Å². The molecule has 0 atom stereocenters. The van der Waals surface area contributed by atoms with E-state index in [4.69, 9.17) is 4.74 Å². The van der Waals surface area contributed by atoms with Crippen LogP contribution in [0.2, 0.25) is 0 Å². The standard InChI is InChI=1S/C13H17BrFNO/c1-2-5-16-10-7-11(8-10)17-13-4-3-9(15)6-12(13)14/h3-4,6,10-11,16H,2,5,7-8H2,1H3. The minimum absolute atomic E-state index is 0.250. The van der Waals surface area contributed by atoms with Gasteiger partial charge in [-0.2, -0.15) is 0 Å². The third-order valence-corrected chi connectivity index (χ3v) is 3.59. The molecule has 1 fully saturated rings. The molecule has 4 heteroatoms. The van der Waals surface area contributed by atoms with Crippen molar-refractivity contribution in [1.29, 1.82) is 0 Å². The zero-order valence-corrected chi connectivity index (χ0v) is 11.5. The highest BCUT2D eigenvalue weighted by Crippen LogP contribution is 2.31. The number of nitrogens with one attached hydrogen (secondary N) is 1. The van der Waals surface area contributed by atoms with Crippen LogP contribution in [0, 0.1) is 5.82 Å². The van der Waals surface area contributed by atoms with Gasteiger partial charge in [-0.25, -0.2) is 4.39 Å². The van der Waals surface area contributed by atoms with Crippen LogP contribution in [0.5, 0.6) is 5.75 Å². The Morgan fingerprint density at radius 1 is 1.47 bits per heavy atom. The highest BCUT2D eigenvalue weighted by Gasteiger charge is 2.30. The maximum Gasteiger partial charge on any atom is 0.134 e. The molecule has 0 aromatic heterocycles. The van der Waals surface area contributed by atoms with E-state index in [0.29, 0.717) is 10.5 Å². The molecular weight excluding hydrogens is 285 g/mol. The molecule has 2 rings (SSSR count). The minimum atomic E-state index is -0.250. The monoisotopic (exact) mass is 301 g/mol. The normalized spacial score (nSPS) is 23.2. The number of hydrogen-bond acceptors (Lipinski definition) is 2. The van der Waals surface area contributed by atoms with Gasteiger partial charge in [-0.15, -0.1) is 0 Å². The molecule has 0 unspecified atom stereocenters. The number of rotatable bonds is 5. The third kappa shape index (κ3) is 3.42. The Balaban J connectivity index is 1.79. The van der Waals surface area contributed by atoms with E-state index in [2.05, 4.69) is 28.2 Å². The average Bonchev–Trinajstić information content (AvgIpc) is 2.24. The molecule has 0 amide bonds. The molecule has 1 N–H and O–H groups in total. The lowest BCUT2D eigenvalue weighted by Gasteiger charge is -2.36. The molecule has 17 heavy (non-hydrogen) atoms. The second-order valence-corrected chi connectivity index (χ2v) is 5.29. The van der Waals surface area contributed by atoms with E-state index in [1.165, 1.54) is 12.1 Å². The first kappa shape index (κ1) is 12.8. The molecule has 2 nitrogen and oxygen atoms in total. The first-order valence-electron chi connectivity index (χ1n) is 6.04. The van der Waals surface area contributed by atoms with E-state index >= 15 is 0 Å². The lowest BCUT2D eigenvalue weighted by molar-refractivity contribution is 0.0844. The molecule has 1 aromatic rings. The van der Waals surface area contributed by atoms with Crippen LogP contribution in [-0.2, 0) is 0 Å². The maximum absolute atomic E-state index is 12.9. The van der Waals surface area contributed by atoms with Crippen LogP contribution in [0.1, 0.15) is 26.2 Å². The molecule has 0 radical (unpaired) electrons. The predicted molar refractivity (Wildman–Crippen MR) is 69.8 cm³/mol. The van der Waals surface area contributed by atoms with Crippen LogP contribution < -0.4 is 10.1 Å². The quantitative estimate of drug-likeness (QED) is 0.899. The summed E-state index contributed by atoms with van der Waals surface area (Å²) in [5.41, 5.74) is 0. The summed E-state index contributed by atoms with van der Waals surface area (Å²) in [5.74, 6) is 0.477. The van der Waals surface area contributed by atoms with Gasteiger partial charge in [0, 0.05) is 6.04 Å². The van der Waals surface area contributed by atoms with Crippen LogP contribution in [0.3, 0.4) is 0 Å². The summed E-state index contributed by atoms with van der Waals surface area (Å²) in [5, 5.41) is 3.46. The molecule has 0 heterocycles. The molecule has 94 valence electrons. The van der Waals surface area contributed by atoms with Crippen LogP contribution in [0.15, 0.2) is 22.7 Å². The van der Waals surface area contributed by atoms with Gasteiger partial charge >= 0.3 is 0 Å².